The minimum atomic E-state index is 0.900. The van der Waals surface area contributed by atoms with Crippen LogP contribution >= 0.6 is 0 Å². The van der Waals surface area contributed by atoms with Crippen LogP contribution in [0.3, 0.4) is 0 Å². The van der Waals surface area contributed by atoms with Gasteiger partial charge in [-0.15, -0.1) is 0 Å². The largest absolute Gasteiger partial charge is 0.346 e. The fourth-order valence-corrected chi connectivity index (χ4v) is 2.07. The highest BCUT2D eigenvalue weighted by molar-refractivity contribution is 5.94. The molecule has 0 aliphatic carbocycles. The minimum absolute atomic E-state index is 0.900. The zero-order valence-electron chi connectivity index (χ0n) is 10.4. The van der Waals surface area contributed by atoms with Crippen molar-refractivity contribution in [1.82, 2.24) is 20.2 Å². The van der Waals surface area contributed by atoms with E-state index in [0.29, 0.717) is 0 Å². The van der Waals surface area contributed by atoms with E-state index >= 15 is 0 Å². The molecule has 2 N–H and O–H groups in total. The molecule has 0 aliphatic rings. The summed E-state index contributed by atoms with van der Waals surface area (Å²) < 4.78 is 0. The number of aromatic amines is 2. The molecule has 0 unspecified atom stereocenters. The molecule has 0 aliphatic heterocycles. The predicted octanol–water partition coefficient (Wildman–Crippen LogP) is 3.38. The standard InChI is InChI=1S/C14H14N4/c1-9(2)3-10-4-12-13(11-6-17-18-7-11)8-16-14(12)15-5-10/h3-8H,1-2H3,(H,15,16)(H,17,18). The number of allylic oxidation sites excluding steroid dienone is 1. The fraction of sp³-hybridized carbons (Fsp3) is 0.143. The maximum Gasteiger partial charge on any atom is 0.137 e. The maximum absolute atomic E-state index is 4.43. The van der Waals surface area contributed by atoms with Gasteiger partial charge in [-0.2, -0.15) is 5.10 Å². The molecule has 0 saturated heterocycles. The van der Waals surface area contributed by atoms with E-state index in [-0.39, 0.29) is 0 Å². The molecule has 3 aromatic rings. The van der Waals surface area contributed by atoms with Gasteiger partial charge in [0.2, 0.25) is 0 Å². The molecule has 4 nitrogen and oxygen atoms in total. The number of nitrogens with zero attached hydrogens (tertiary/aromatic N) is 2. The zero-order valence-corrected chi connectivity index (χ0v) is 10.4. The predicted molar refractivity (Wildman–Crippen MR) is 73.0 cm³/mol. The molecule has 0 bridgehead atoms. The second-order valence-corrected chi connectivity index (χ2v) is 4.58. The first kappa shape index (κ1) is 10.8. The normalized spacial score (nSPS) is 10.8. The molecular weight excluding hydrogens is 224 g/mol. The monoisotopic (exact) mass is 238 g/mol. The van der Waals surface area contributed by atoms with Crippen LogP contribution < -0.4 is 0 Å². The Hall–Kier alpha value is -2.36. The average molecular weight is 238 g/mol. The van der Waals surface area contributed by atoms with E-state index < -0.39 is 0 Å². The molecule has 0 amide bonds. The molecule has 0 atom stereocenters. The van der Waals surface area contributed by atoms with Crippen LogP contribution in [0.5, 0.6) is 0 Å². The molecule has 3 heterocycles. The van der Waals surface area contributed by atoms with Gasteiger partial charge in [0.25, 0.3) is 0 Å². The summed E-state index contributed by atoms with van der Waals surface area (Å²) >= 11 is 0. The van der Waals surface area contributed by atoms with E-state index in [4.69, 9.17) is 0 Å². The lowest BCUT2D eigenvalue weighted by Crippen LogP contribution is -1.80. The summed E-state index contributed by atoms with van der Waals surface area (Å²) in [5, 5.41) is 7.93. The molecule has 90 valence electrons. The summed E-state index contributed by atoms with van der Waals surface area (Å²) in [7, 11) is 0. The van der Waals surface area contributed by atoms with Crippen LogP contribution in [0, 0.1) is 0 Å². The Morgan fingerprint density at radius 3 is 2.83 bits per heavy atom. The van der Waals surface area contributed by atoms with Gasteiger partial charge in [-0.05, 0) is 25.5 Å². The first-order chi connectivity index (χ1) is 8.74. The highest BCUT2D eigenvalue weighted by atomic mass is 15.1. The Labute approximate surface area is 105 Å². The van der Waals surface area contributed by atoms with Gasteiger partial charge in [0.1, 0.15) is 5.65 Å². The summed E-state index contributed by atoms with van der Waals surface area (Å²) in [6.45, 7) is 4.16. The summed E-state index contributed by atoms with van der Waals surface area (Å²) in [5.41, 5.74) is 5.47. The van der Waals surface area contributed by atoms with Gasteiger partial charge in [-0.3, -0.25) is 5.10 Å². The molecule has 0 aromatic carbocycles. The number of nitrogens with one attached hydrogen (secondary N) is 2. The van der Waals surface area contributed by atoms with Crippen molar-refractivity contribution in [3.8, 4) is 11.1 Å². The number of fused-ring (bicyclic) bond motifs is 1. The van der Waals surface area contributed by atoms with Crippen molar-refractivity contribution in [2.24, 2.45) is 0 Å². The third-order valence-electron chi connectivity index (χ3n) is 2.82. The lowest BCUT2D eigenvalue weighted by Gasteiger charge is -1.98. The maximum atomic E-state index is 4.43. The molecule has 18 heavy (non-hydrogen) atoms. The Bertz CT molecular complexity index is 701. The number of hydrogen-bond donors (Lipinski definition) is 2. The molecule has 3 rings (SSSR count). The quantitative estimate of drug-likeness (QED) is 0.719. The molecular formula is C14H14N4. The lowest BCUT2D eigenvalue weighted by molar-refractivity contribution is 1.09. The van der Waals surface area contributed by atoms with Crippen LogP contribution in [0.1, 0.15) is 19.4 Å². The Kier molecular flexibility index (Phi) is 2.48. The number of aromatic nitrogens is 4. The number of rotatable bonds is 2. The fourth-order valence-electron chi connectivity index (χ4n) is 2.07. The summed E-state index contributed by atoms with van der Waals surface area (Å²) in [6, 6.07) is 2.15. The third-order valence-corrected chi connectivity index (χ3v) is 2.82. The SMILES string of the molecule is CC(C)=Cc1cnc2[nH]cc(-c3cn[nH]c3)c2c1. The highest BCUT2D eigenvalue weighted by Gasteiger charge is 2.08. The first-order valence-electron chi connectivity index (χ1n) is 5.85. The van der Waals surface area contributed by atoms with E-state index in [1.165, 1.54) is 5.57 Å². The van der Waals surface area contributed by atoms with E-state index in [1.807, 2.05) is 24.8 Å². The molecule has 3 aromatic heterocycles. The highest BCUT2D eigenvalue weighted by Crippen LogP contribution is 2.27. The number of hydrogen-bond acceptors (Lipinski definition) is 2. The van der Waals surface area contributed by atoms with Crippen molar-refractivity contribution >= 4 is 17.1 Å². The summed E-state index contributed by atoms with van der Waals surface area (Å²) in [5.74, 6) is 0. The number of pyridine rings is 1. The van der Waals surface area contributed by atoms with Crippen molar-refractivity contribution < 1.29 is 0 Å². The second kappa shape index (κ2) is 4.14. The lowest BCUT2D eigenvalue weighted by atomic mass is 10.1. The Morgan fingerprint density at radius 2 is 2.11 bits per heavy atom. The van der Waals surface area contributed by atoms with Crippen LogP contribution in [-0.4, -0.2) is 20.2 Å². The van der Waals surface area contributed by atoms with Crippen molar-refractivity contribution in [1.29, 1.82) is 0 Å². The van der Waals surface area contributed by atoms with E-state index in [0.717, 1.165) is 27.7 Å². The van der Waals surface area contributed by atoms with Crippen molar-refractivity contribution in [2.75, 3.05) is 0 Å². The topological polar surface area (TPSA) is 57.4 Å². The summed E-state index contributed by atoms with van der Waals surface area (Å²) in [6.07, 6.45) is 9.67. The van der Waals surface area contributed by atoms with Gasteiger partial charge in [-0.1, -0.05) is 11.6 Å². The Morgan fingerprint density at radius 1 is 1.22 bits per heavy atom. The number of H-pyrrole nitrogens is 2. The van der Waals surface area contributed by atoms with Gasteiger partial charge in [0.15, 0.2) is 0 Å². The van der Waals surface area contributed by atoms with Crippen LogP contribution in [0.15, 0.2) is 36.4 Å². The molecule has 4 heteroatoms. The molecule has 0 fully saturated rings. The van der Waals surface area contributed by atoms with E-state index in [2.05, 4.69) is 46.2 Å². The van der Waals surface area contributed by atoms with Gasteiger partial charge < -0.3 is 4.98 Å². The first-order valence-corrected chi connectivity index (χ1v) is 5.85. The van der Waals surface area contributed by atoms with Crippen molar-refractivity contribution in [2.45, 2.75) is 13.8 Å². The van der Waals surface area contributed by atoms with Gasteiger partial charge in [0, 0.05) is 35.1 Å². The van der Waals surface area contributed by atoms with Crippen LogP contribution in [-0.2, 0) is 0 Å². The van der Waals surface area contributed by atoms with E-state index in [1.54, 1.807) is 0 Å². The molecule has 0 spiro atoms. The smallest absolute Gasteiger partial charge is 0.137 e. The van der Waals surface area contributed by atoms with E-state index in [9.17, 15) is 0 Å². The van der Waals surface area contributed by atoms with Crippen LogP contribution in [0.25, 0.3) is 28.2 Å². The molecule has 0 saturated carbocycles. The van der Waals surface area contributed by atoms with Crippen LogP contribution in [0.2, 0.25) is 0 Å². The summed E-state index contributed by atoms with van der Waals surface area (Å²) in [4.78, 5) is 7.62. The minimum Gasteiger partial charge on any atom is -0.346 e. The van der Waals surface area contributed by atoms with Crippen molar-refractivity contribution in [3.63, 3.8) is 0 Å². The van der Waals surface area contributed by atoms with Gasteiger partial charge >= 0.3 is 0 Å². The van der Waals surface area contributed by atoms with Crippen LogP contribution in [0.4, 0.5) is 0 Å². The average Bonchev–Trinajstić information content (AvgIpc) is 2.94. The van der Waals surface area contributed by atoms with Gasteiger partial charge in [0.05, 0.1) is 6.20 Å². The second-order valence-electron chi connectivity index (χ2n) is 4.58. The van der Waals surface area contributed by atoms with Gasteiger partial charge in [-0.25, -0.2) is 4.98 Å². The zero-order chi connectivity index (χ0) is 12.5. The molecule has 0 radical (unpaired) electrons. The van der Waals surface area contributed by atoms with Crippen molar-refractivity contribution in [3.05, 3.63) is 42.0 Å². The third kappa shape index (κ3) is 1.82. The Balaban J connectivity index is 2.20.